The molecule has 0 heterocycles. The Morgan fingerprint density at radius 3 is 2.23 bits per heavy atom. The zero-order chi connectivity index (χ0) is 28.6. The lowest BCUT2D eigenvalue weighted by atomic mass is 10.1. The van der Waals surface area contributed by atoms with Crippen LogP contribution < -0.4 is 9.62 Å². The molecule has 1 atom stereocenters. The molecule has 0 aliphatic carbocycles. The summed E-state index contributed by atoms with van der Waals surface area (Å²) in [4.78, 5) is 28.5. The van der Waals surface area contributed by atoms with Gasteiger partial charge in [-0.15, -0.1) is 0 Å². The molecule has 3 rings (SSSR count). The van der Waals surface area contributed by atoms with Crippen LogP contribution in [0.25, 0.3) is 0 Å². The number of unbranched alkanes of at least 4 members (excludes halogenated alkanes) is 1. The molecule has 9 heteroatoms. The highest BCUT2D eigenvalue weighted by Crippen LogP contribution is 2.26. The van der Waals surface area contributed by atoms with Gasteiger partial charge in [-0.2, -0.15) is 0 Å². The lowest BCUT2D eigenvalue weighted by molar-refractivity contribution is -0.139. The van der Waals surface area contributed by atoms with Crippen LogP contribution in [-0.4, -0.2) is 44.3 Å². The summed E-state index contributed by atoms with van der Waals surface area (Å²) >= 11 is 3.42. The molecular weight excluding hydrogens is 578 g/mol. The predicted octanol–water partition coefficient (Wildman–Crippen LogP) is 5.59. The topological polar surface area (TPSA) is 86.8 Å². The number of hydrogen-bond acceptors (Lipinski definition) is 4. The first kappa shape index (κ1) is 30.4. The zero-order valence-electron chi connectivity index (χ0n) is 22.9. The van der Waals surface area contributed by atoms with Gasteiger partial charge in [0.05, 0.1) is 10.6 Å². The van der Waals surface area contributed by atoms with Crippen molar-refractivity contribution in [3.05, 3.63) is 94.0 Å². The maximum atomic E-state index is 13.9. The molecular formula is C30H36BrN3O4S. The number of carbonyl (C=O) groups excluding carboxylic acids is 2. The van der Waals surface area contributed by atoms with E-state index in [9.17, 15) is 18.0 Å². The van der Waals surface area contributed by atoms with Crippen LogP contribution in [0.2, 0.25) is 0 Å². The van der Waals surface area contributed by atoms with E-state index in [0.29, 0.717) is 12.2 Å². The van der Waals surface area contributed by atoms with Gasteiger partial charge >= 0.3 is 0 Å². The molecule has 2 amide bonds. The maximum Gasteiger partial charge on any atom is 0.264 e. The van der Waals surface area contributed by atoms with Crippen molar-refractivity contribution in [3.8, 4) is 0 Å². The van der Waals surface area contributed by atoms with Gasteiger partial charge in [0.15, 0.2) is 0 Å². The standard InChI is InChI=1S/C30H36BrN3O4S/c1-5-6-18-32-30(36)24(4)33(20-25-13-15-26(31)16-14-25)29(35)21-34(27-17-12-22(2)23(3)19-27)39(37,38)28-10-8-7-9-11-28/h7-17,19,24H,5-6,18,20-21H2,1-4H3,(H,32,36)/t24-/m1/s1. The summed E-state index contributed by atoms with van der Waals surface area (Å²) in [6.07, 6.45) is 1.76. The Kier molecular flexibility index (Phi) is 10.7. The highest BCUT2D eigenvalue weighted by molar-refractivity contribution is 9.10. The van der Waals surface area contributed by atoms with Crippen LogP contribution in [0.3, 0.4) is 0 Å². The van der Waals surface area contributed by atoms with Gasteiger partial charge in [-0.05, 0) is 80.3 Å². The number of benzene rings is 3. The van der Waals surface area contributed by atoms with Crippen molar-refractivity contribution in [3.63, 3.8) is 0 Å². The minimum Gasteiger partial charge on any atom is -0.354 e. The number of amides is 2. The molecule has 208 valence electrons. The maximum absolute atomic E-state index is 13.9. The van der Waals surface area contributed by atoms with Gasteiger partial charge in [-0.3, -0.25) is 13.9 Å². The van der Waals surface area contributed by atoms with Crippen molar-refractivity contribution >= 4 is 43.5 Å². The van der Waals surface area contributed by atoms with Gasteiger partial charge in [-0.1, -0.05) is 65.7 Å². The molecule has 0 unspecified atom stereocenters. The molecule has 39 heavy (non-hydrogen) atoms. The second kappa shape index (κ2) is 13.8. The first-order chi connectivity index (χ1) is 18.5. The molecule has 0 fully saturated rings. The number of halogens is 1. The zero-order valence-corrected chi connectivity index (χ0v) is 25.3. The highest BCUT2D eigenvalue weighted by Gasteiger charge is 2.32. The van der Waals surface area contributed by atoms with E-state index in [1.807, 2.05) is 51.1 Å². The van der Waals surface area contributed by atoms with Crippen molar-refractivity contribution < 1.29 is 18.0 Å². The second-order valence-electron chi connectivity index (χ2n) is 9.56. The lowest BCUT2D eigenvalue weighted by Crippen LogP contribution is -2.51. The van der Waals surface area contributed by atoms with Gasteiger partial charge in [0.25, 0.3) is 10.0 Å². The van der Waals surface area contributed by atoms with E-state index in [1.54, 1.807) is 37.3 Å². The largest absolute Gasteiger partial charge is 0.354 e. The van der Waals surface area contributed by atoms with Gasteiger partial charge in [0.2, 0.25) is 11.8 Å². The van der Waals surface area contributed by atoms with Crippen LogP contribution in [0.4, 0.5) is 5.69 Å². The molecule has 3 aromatic rings. The van der Waals surface area contributed by atoms with Crippen LogP contribution in [0, 0.1) is 13.8 Å². The third-order valence-corrected chi connectivity index (χ3v) is 8.97. The first-order valence-corrected chi connectivity index (χ1v) is 15.2. The van der Waals surface area contributed by atoms with Crippen molar-refractivity contribution in [2.75, 3.05) is 17.4 Å². The number of sulfonamides is 1. The minimum atomic E-state index is -4.08. The fraction of sp³-hybridized carbons (Fsp3) is 0.333. The quantitative estimate of drug-likeness (QED) is 0.270. The van der Waals surface area contributed by atoms with Crippen molar-refractivity contribution in [1.82, 2.24) is 10.2 Å². The van der Waals surface area contributed by atoms with E-state index in [1.165, 1.54) is 17.0 Å². The predicted molar refractivity (Wildman–Crippen MR) is 159 cm³/mol. The summed E-state index contributed by atoms with van der Waals surface area (Å²) in [5.74, 6) is -0.758. The number of anilines is 1. The van der Waals surface area contributed by atoms with E-state index in [2.05, 4.69) is 21.2 Å². The van der Waals surface area contributed by atoms with Crippen LogP contribution in [0.1, 0.15) is 43.4 Å². The lowest BCUT2D eigenvalue weighted by Gasteiger charge is -2.32. The molecule has 3 aromatic carbocycles. The number of nitrogens with one attached hydrogen (secondary N) is 1. The van der Waals surface area contributed by atoms with Crippen molar-refractivity contribution in [1.29, 1.82) is 0 Å². The minimum absolute atomic E-state index is 0.0841. The third-order valence-electron chi connectivity index (χ3n) is 6.65. The number of hydrogen-bond donors (Lipinski definition) is 1. The van der Waals surface area contributed by atoms with Gasteiger partial charge < -0.3 is 10.2 Å². The van der Waals surface area contributed by atoms with E-state index in [-0.39, 0.29) is 17.3 Å². The molecule has 7 nitrogen and oxygen atoms in total. The summed E-state index contributed by atoms with van der Waals surface area (Å²) in [5, 5.41) is 2.90. The van der Waals surface area contributed by atoms with Gasteiger partial charge in [0.1, 0.15) is 12.6 Å². The number of aryl methyl sites for hydroxylation is 2. The molecule has 0 aromatic heterocycles. The van der Waals surface area contributed by atoms with E-state index >= 15 is 0 Å². The Morgan fingerprint density at radius 1 is 0.949 bits per heavy atom. The Bertz CT molecular complexity index is 1380. The Hall–Kier alpha value is -3.17. The molecule has 0 aliphatic heterocycles. The second-order valence-corrected chi connectivity index (χ2v) is 12.3. The Balaban J connectivity index is 2.00. The number of carbonyl (C=O) groups is 2. The fourth-order valence-corrected chi connectivity index (χ4v) is 5.73. The molecule has 0 radical (unpaired) electrons. The molecule has 0 bridgehead atoms. The Morgan fingerprint density at radius 2 is 1.62 bits per heavy atom. The number of nitrogens with zero attached hydrogens (tertiary/aromatic N) is 2. The average Bonchev–Trinajstić information content (AvgIpc) is 2.93. The average molecular weight is 615 g/mol. The molecule has 0 spiro atoms. The van der Waals surface area contributed by atoms with Crippen molar-refractivity contribution in [2.24, 2.45) is 0 Å². The SMILES string of the molecule is CCCCNC(=O)[C@@H](C)N(Cc1ccc(Br)cc1)C(=O)CN(c1ccc(C)c(C)c1)S(=O)(=O)c1ccccc1. The van der Waals surface area contributed by atoms with E-state index in [0.717, 1.165) is 38.3 Å². The molecule has 1 N–H and O–H groups in total. The smallest absolute Gasteiger partial charge is 0.264 e. The van der Waals surface area contributed by atoms with Crippen molar-refractivity contribution in [2.45, 2.75) is 58.0 Å². The van der Waals surface area contributed by atoms with Gasteiger partial charge in [-0.25, -0.2) is 8.42 Å². The fourth-order valence-electron chi connectivity index (χ4n) is 4.03. The van der Waals surface area contributed by atoms with E-state index < -0.39 is 28.5 Å². The van der Waals surface area contributed by atoms with E-state index in [4.69, 9.17) is 0 Å². The summed E-state index contributed by atoms with van der Waals surface area (Å²) < 4.78 is 29.7. The van der Waals surface area contributed by atoms with Gasteiger partial charge in [0, 0.05) is 17.6 Å². The summed E-state index contributed by atoms with van der Waals surface area (Å²) in [7, 11) is -4.08. The van der Waals surface area contributed by atoms with Crippen LogP contribution in [0.15, 0.2) is 82.2 Å². The Labute approximate surface area is 240 Å². The molecule has 0 saturated carbocycles. The monoisotopic (exact) mass is 613 g/mol. The first-order valence-electron chi connectivity index (χ1n) is 13.0. The third kappa shape index (κ3) is 7.92. The summed E-state index contributed by atoms with van der Waals surface area (Å²) in [6.45, 7) is 7.76. The normalized spacial score (nSPS) is 12.0. The molecule has 0 aliphatic rings. The number of rotatable bonds is 12. The van der Waals surface area contributed by atoms with Crippen LogP contribution in [0.5, 0.6) is 0 Å². The molecule has 0 saturated heterocycles. The van der Waals surface area contributed by atoms with Crippen LogP contribution >= 0.6 is 15.9 Å². The highest BCUT2D eigenvalue weighted by atomic mass is 79.9. The van der Waals surface area contributed by atoms with Crippen LogP contribution in [-0.2, 0) is 26.2 Å². The summed E-state index contributed by atoms with van der Waals surface area (Å²) in [5.41, 5.74) is 3.13. The summed E-state index contributed by atoms with van der Waals surface area (Å²) in [6, 6.07) is 20.0.